The monoisotopic (exact) mass is 195 g/mol. The van der Waals surface area contributed by atoms with Crippen LogP contribution >= 0.6 is 11.6 Å². The predicted molar refractivity (Wildman–Crippen MR) is 48.9 cm³/mol. The summed E-state index contributed by atoms with van der Waals surface area (Å²) in [6, 6.07) is 1.54. The van der Waals surface area contributed by atoms with E-state index >= 15 is 0 Å². The fraction of sp³-hybridized carbons (Fsp3) is 0.125. The molecule has 0 bridgehead atoms. The molecule has 4 nitrogen and oxygen atoms in total. The lowest BCUT2D eigenvalue weighted by atomic mass is 10.1. The van der Waals surface area contributed by atoms with Crippen LogP contribution in [-0.4, -0.2) is 21.0 Å². The lowest BCUT2D eigenvalue weighted by Gasteiger charge is -1.97. The summed E-state index contributed by atoms with van der Waals surface area (Å²) in [5.74, 6) is -0.0456. The number of pyridine rings is 1. The molecule has 1 N–H and O–H groups in total. The number of fused-ring (bicyclic) bond motifs is 1. The van der Waals surface area contributed by atoms with E-state index in [1.165, 1.54) is 6.92 Å². The summed E-state index contributed by atoms with van der Waals surface area (Å²) in [7, 11) is 0. The maximum absolute atomic E-state index is 11.2. The van der Waals surface area contributed by atoms with Gasteiger partial charge in [0.2, 0.25) is 0 Å². The van der Waals surface area contributed by atoms with Gasteiger partial charge in [-0.05, 0) is 13.0 Å². The summed E-state index contributed by atoms with van der Waals surface area (Å²) in [6.45, 7) is 1.48. The van der Waals surface area contributed by atoms with Crippen LogP contribution in [0, 0.1) is 0 Å². The zero-order valence-electron chi connectivity index (χ0n) is 6.84. The average molecular weight is 196 g/mol. The van der Waals surface area contributed by atoms with Crippen LogP contribution in [0.5, 0.6) is 0 Å². The molecule has 0 fully saturated rings. The van der Waals surface area contributed by atoms with E-state index in [0.29, 0.717) is 21.7 Å². The number of carbonyl (C=O) groups is 1. The number of hydrogen-bond donors (Lipinski definition) is 1. The van der Waals surface area contributed by atoms with E-state index in [2.05, 4.69) is 15.2 Å². The van der Waals surface area contributed by atoms with Crippen LogP contribution in [0.25, 0.3) is 11.0 Å². The van der Waals surface area contributed by atoms with Crippen LogP contribution in [0.1, 0.15) is 17.3 Å². The second-order valence-electron chi connectivity index (χ2n) is 2.68. The van der Waals surface area contributed by atoms with Crippen molar-refractivity contribution in [3.8, 4) is 0 Å². The molecule has 0 radical (unpaired) electrons. The van der Waals surface area contributed by atoms with Crippen LogP contribution < -0.4 is 0 Å². The Labute approximate surface area is 78.9 Å². The number of H-pyrrole nitrogens is 1. The molecule has 0 aliphatic carbocycles. The van der Waals surface area contributed by atoms with Crippen molar-refractivity contribution in [1.82, 2.24) is 15.2 Å². The molecule has 0 aliphatic heterocycles. The standard InChI is InChI=1S/C8H6ClN3O/c1-4(13)5-2-7(9)11-8-6(5)3-10-12-8/h2-3H,1H3,(H,10,11,12). The number of nitrogens with zero attached hydrogens (tertiary/aromatic N) is 2. The van der Waals surface area contributed by atoms with Gasteiger partial charge in [-0.2, -0.15) is 5.10 Å². The van der Waals surface area contributed by atoms with Crippen molar-refractivity contribution in [2.45, 2.75) is 6.92 Å². The van der Waals surface area contributed by atoms with Gasteiger partial charge in [-0.3, -0.25) is 9.89 Å². The maximum atomic E-state index is 11.2. The molecule has 0 saturated heterocycles. The highest BCUT2D eigenvalue weighted by molar-refractivity contribution is 6.30. The number of hydrogen-bond acceptors (Lipinski definition) is 3. The molecule has 2 aromatic rings. The molecule has 0 aliphatic rings. The molecule has 2 rings (SSSR count). The molecule has 2 aromatic heterocycles. The molecule has 0 amide bonds. The van der Waals surface area contributed by atoms with E-state index in [-0.39, 0.29) is 5.78 Å². The molecule has 0 saturated carbocycles. The number of halogens is 1. The van der Waals surface area contributed by atoms with Crippen molar-refractivity contribution >= 4 is 28.4 Å². The predicted octanol–water partition coefficient (Wildman–Crippen LogP) is 1.81. The van der Waals surface area contributed by atoms with E-state index in [1.807, 2.05) is 0 Å². The first kappa shape index (κ1) is 8.19. The number of carbonyl (C=O) groups excluding carboxylic acids is 1. The molecule has 0 unspecified atom stereocenters. The maximum Gasteiger partial charge on any atom is 0.160 e. The van der Waals surface area contributed by atoms with Gasteiger partial charge in [0.05, 0.1) is 6.20 Å². The SMILES string of the molecule is CC(=O)c1cc(Cl)nc2[nH]ncc12. The fourth-order valence-electron chi connectivity index (χ4n) is 1.19. The second-order valence-corrected chi connectivity index (χ2v) is 3.07. The number of nitrogens with one attached hydrogen (secondary N) is 1. The lowest BCUT2D eigenvalue weighted by Crippen LogP contribution is -1.94. The molecular weight excluding hydrogens is 190 g/mol. The quantitative estimate of drug-likeness (QED) is 0.558. The smallest absolute Gasteiger partial charge is 0.160 e. The highest BCUT2D eigenvalue weighted by Crippen LogP contribution is 2.18. The Balaban J connectivity index is 2.84. The second kappa shape index (κ2) is 2.81. The largest absolute Gasteiger partial charge is 0.294 e. The van der Waals surface area contributed by atoms with Crippen molar-refractivity contribution in [3.63, 3.8) is 0 Å². The number of Topliss-reactive ketones (excluding diaryl/α,β-unsaturated/α-hetero) is 1. The summed E-state index contributed by atoms with van der Waals surface area (Å²) in [4.78, 5) is 15.2. The first-order valence-electron chi connectivity index (χ1n) is 3.69. The van der Waals surface area contributed by atoms with Crippen LogP contribution in [0.3, 0.4) is 0 Å². The zero-order chi connectivity index (χ0) is 9.42. The van der Waals surface area contributed by atoms with Gasteiger partial charge in [-0.25, -0.2) is 4.98 Å². The third-order valence-corrected chi connectivity index (χ3v) is 1.96. The van der Waals surface area contributed by atoms with Gasteiger partial charge in [0.15, 0.2) is 11.4 Å². The minimum Gasteiger partial charge on any atom is -0.294 e. The van der Waals surface area contributed by atoms with Gasteiger partial charge >= 0.3 is 0 Å². The van der Waals surface area contributed by atoms with Crippen molar-refractivity contribution < 1.29 is 4.79 Å². The van der Waals surface area contributed by atoms with Crippen LogP contribution in [0.4, 0.5) is 0 Å². The van der Waals surface area contributed by atoms with Crippen LogP contribution in [0.2, 0.25) is 5.15 Å². The minimum atomic E-state index is -0.0456. The molecule has 13 heavy (non-hydrogen) atoms. The van der Waals surface area contributed by atoms with Gasteiger partial charge in [0.25, 0.3) is 0 Å². The molecule has 5 heteroatoms. The number of ketones is 1. The Morgan fingerprint density at radius 2 is 2.38 bits per heavy atom. The summed E-state index contributed by atoms with van der Waals surface area (Å²) in [5.41, 5.74) is 1.08. The Hall–Kier alpha value is -1.42. The number of rotatable bonds is 1. The van der Waals surface area contributed by atoms with E-state index in [4.69, 9.17) is 11.6 Å². The molecular formula is C8H6ClN3O. The highest BCUT2D eigenvalue weighted by Gasteiger charge is 2.09. The minimum absolute atomic E-state index is 0.0456. The summed E-state index contributed by atoms with van der Waals surface area (Å²) >= 11 is 5.71. The number of aromatic nitrogens is 3. The Kier molecular flexibility index (Phi) is 1.77. The van der Waals surface area contributed by atoms with E-state index in [1.54, 1.807) is 12.3 Å². The Morgan fingerprint density at radius 1 is 1.62 bits per heavy atom. The third-order valence-electron chi connectivity index (χ3n) is 1.77. The van der Waals surface area contributed by atoms with Gasteiger partial charge in [0.1, 0.15) is 5.15 Å². The van der Waals surface area contributed by atoms with Crippen molar-refractivity contribution in [3.05, 3.63) is 23.0 Å². The van der Waals surface area contributed by atoms with Crippen molar-refractivity contribution in [2.24, 2.45) is 0 Å². The average Bonchev–Trinajstić information content (AvgIpc) is 2.49. The normalized spacial score (nSPS) is 10.6. The molecule has 0 spiro atoms. The number of aromatic amines is 1. The lowest BCUT2D eigenvalue weighted by molar-refractivity contribution is 0.101. The van der Waals surface area contributed by atoms with E-state index < -0.39 is 0 Å². The summed E-state index contributed by atoms with van der Waals surface area (Å²) in [6.07, 6.45) is 1.56. The Bertz CT molecular complexity index is 477. The van der Waals surface area contributed by atoms with E-state index in [9.17, 15) is 4.79 Å². The molecule has 0 atom stereocenters. The first-order chi connectivity index (χ1) is 6.18. The highest BCUT2D eigenvalue weighted by atomic mass is 35.5. The zero-order valence-corrected chi connectivity index (χ0v) is 7.59. The topological polar surface area (TPSA) is 58.6 Å². The van der Waals surface area contributed by atoms with Gasteiger partial charge in [0, 0.05) is 10.9 Å². The third kappa shape index (κ3) is 1.29. The van der Waals surface area contributed by atoms with Gasteiger partial charge in [-0.15, -0.1) is 0 Å². The van der Waals surface area contributed by atoms with Gasteiger partial charge < -0.3 is 0 Å². The van der Waals surface area contributed by atoms with Gasteiger partial charge in [-0.1, -0.05) is 11.6 Å². The van der Waals surface area contributed by atoms with Crippen molar-refractivity contribution in [2.75, 3.05) is 0 Å². The fourth-order valence-corrected chi connectivity index (χ4v) is 1.38. The van der Waals surface area contributed by atoms with Crippen molar-refractivity contribution in [1.29, 1.82) is 0 Å². The summed E-state index contributed by atoms with van der Waals surface area (Å²) in [5, 5.41) is 7.44. The van der Waals surface area contributed by atoms with E-state index in [0.717, 1.165) is 0 Å². The summed E-state index contributed by atoms with van der Waals surface area (Å²) < 4.78 is 0. The molecule has 2 heterocycles. The first-order valence-corrected chi connectivity index (χ1v) is 4.07. The molecule has 0 aromatic carbocycles. The van der Waals surface area contributed by atoms with Crippen LogP contribution in [-0.2, 0) is 0 Å². The molecule has 66 valence electrons. The Morgan fingerprint density at radius 3 is 3.08 bits per heavy atom. The van der Waals surface area contributed by atoms with Crippen LogP contribution in [0.15, 0.2) is 12.3 Å².